The van der Waals surface area contributed by atoms with Gasteiger partial charge in [-0.2, -0.15) is 0 Å². The Balaban J connectivity index is 1.86. The zero-order chi connectivity index (χ0) is 14.8. The molecule has 1 saturated heterocycles. The number of piperidine rings is 1. The van der Waals surface area contributed by atoms with Gasteiger partial charge in [0.1, 0.15) is 0 Å². The summed E-state index contributed by atoms with van der Waals surface area (Å²) in [7, 11) is 0. The van der Waals surface area contributed by atoms with Gasteiger partial charge in [-0.1, -0.05) is 15.9 Å². The average molecular weight is 352 g/mol. The first-order valence-electron chi connectivity index (χ1n) is 7.72. The molecule has 1 aromatic rings. The number of halogens is 1. The number of carbonyl (C=O) groups is 1. The Hall–Kier alpha value is -1.07. The third-order valence-corrected chi connectivity index (χ3v) is 4.93. The van der Waals surface area contributed by atoms with E-state index in [9.17, 15) is 4.79 Å². The minimum Gasteiger partial charge on any atom is -0.368 e. The molecule has 3 rings (SSSR count). The van der Waals surface area contributed by atoms with Crippen LogP contribution in [-0.4, -0.2) is 31.6 Å². The van der Waals surface area contributed by atoms with Crippen LogP contribution in [0.25, 0.3) is 0 Å². The van der Waals surface area contributed by atoms with E-state index in [1.807, 2.05) is 18.2 Å². The van der Waals surface area contributed by atoms with Crippen LogP contribution in [0.2, 0.25) is 0 Å². The summed E-state index contributed by atoms with van der Waals surface area (Å²) in [6, 6.07) is 6.34. The number of carbonyl (C=O) groups excluding carboxylic acids is 1. The smallest absolute Gasteiger partial charge is 0.250 e. The number of amides is 1. The van der Waals surface area contributed by atoms with Crippen molar-refractivity contribution < 1.29 is 4.79 Å². The standard InChI is InChI=1S/C16H22BrN3O/c17-12-1-4-14(16(18)21)15(9-12)20(13-2-3-13)10-11-5-7-19-8-6-11/h1,4,9,11,13,19H,2-3,5-8,10H2,(H2,18,21). The highest BCUT2D eigenvalue weighted by Crippen LogP contribution is 2.36. The zero-order valence-corrected chi connectivity index (χ0v) is 13.7. The molecule has 0 radical (unpaired) electrons. The summed E-state index contributed by atoms with van der Waals surface area (Å²) in [6.07, 6.45) is 4.86. The molecule has 1 aliphatic carbocycles. The summed E-state index contributed by atoms with van der Waals surface area (Å²) < 4.78 is 0.999. The van der Waals surface area contributed by atoms with Gasteiger partial charge in [-0.3, -0.25) is 4.79 Å². The van der Waals surface area contributed by atoms with Crippen LogP contribution in [0.1, 0.15) is 36.0 Å². The summed E-state index contributed by atoms with van der Waals surface area (Å²) >= 11 is 3.52. The molecule has 5 heteroatoms. The quantitative estimate of drug-likeness (QED) is 0.856. The van der Waals surface area contributed by atoms with Crippen LogP contribution in [0.4, 0.5) is 5.69 Å². The van der Waals surface area contributed by atoms with Gasteiger partial charge in [-0.15, -0.1) is 0 Å². The van der Waals surface area contributed by atoms with E-state index >= 15 is 0 Å². The van der Waals surface area contributed by atoms with Gasteiger partial charge in [0.05, 0.1) is 11.3 Å². The predicted octanol–water partition coefficient (Wildman–Crippen LogP) is 2.52. The second-order valence-corrected chi connectivity index (χ2v) is 7.02. The lowest BCUT2D eigenvalue weighted by atomic mass is 9.96. The molecular weight excluding hydrogens is 330 g/mol. The van der Waals surface area contributed by atoms with Gasteiger partial charge in [0.25, 0.3) is 5.91 Å². The summed E-state index contributed by atoms with van der Waals surface area (Å²) in [5.41, 5.74) is 7.20. The second-order valence-electron chi connectivity index (χ2n) is 6.10. The lowest BCUT2D eigenvalue weighted by Crippen LogP contribution is -2.38. The number of benzene rings is 1. The monoisotopic (exact) mass is 351 g/mol. The van der Waals surface area contributed by atoms with Crippen molar-refractivity contribution in [3.63, 3.8) is 0 Å². The van der Waals surface area contributed by atoms with Crippen molar-refractivity contribution in [3.8, 4) is 0 Å². The molecule has 0 unspecified atom stereocenters. The minimum absolute atomic E-state index is 0.339. The molecular formula is C16H22BrN3O. The van der Waals surface area contributed by atoms with Crippen LogP contribution in [0.3, 0.4) is 0 Å². The van der Waals surface area contributed by atoms with Crippen LogP contribution < -0.4 is 16.0 Å². The average Bonchev–Trinajstić information content (AvgIpc) is 3.30. The molecule has 1 aliphatic heterocycles. The number of primary amides is 1. The van der Waals surface area contributed by atoms with E-state index in [2.05, 4.69) is 26.1 Å². The second kappa shape index (κ2) is 6.36. The van der Waals surface area contributed by atoms with Crippen LogP contribution in [0.5, 0.6) is 0 Å². The first-order chi connectivity index (χ1) is 10.1. The summed E-state index contributed by atoms with van der Waals surface area (Å²) in [5, 5.41) is 3.41. The maximum atomic E-state index is 11.7. The van der Waals surface area contributed by atoms with Gasteiger partial charge in [0.2, 0.25) is 0 Å². The lowest BCUT2D eigenvalue weighted by Gasteiger charge is -2.33. The van der Waals surface area contributed by atoms with E-state index in [-0.39, 0.29) is 5.91 Å². The number of nitrogens with two attached hydrogens (primary N) is 1. The van der Waals surface area contributed by atoms with E-state index in [1.165, 1.54) is 25.7 Å². The molecule has 114 valence electrons. The largest absolute Gasteiger partial charge is 0.368 e. The number of rotatable bonds is 5. The van der Waals surface area contributed by atoms with E-state index in [0.29, 0.717) is 17.5 Å². The Kier molecular flexibility index (Phi) is 4.50. The first kappa shape index (κ1) is 14.9. The predicted molar refractivity (Wildman–Crippen MR) is 88.6 cm³/mol. The van der Waals surface area contributed by atoms with Crippen LogP contribution in [0, 0.1) is 5.92 Å². The Bertz CT molecular complexity index is 524. The van der Waals surface area contributed by atoms with Crippen molar-refractivity contribution in [3.05, 3.63) is 28.2 Å². The minimum atomic E-state index is -0.339. The van der Waals surface area contributed by atoms with Gasteiger partial charge in [-0.05, 0) is 62.9 Å². The van der Waals surface area contributed by atoms with Crippen molar-refractivity contribution in [1.82, 2.24) is 5.32 Å². The topological polar surface area (TPSA) is 58.4 Å². The van der Waals surface area contributed by atoms with Crippen molar-refractivity contribution in [2.24, 2.45) is 11.7 Å². The van der Waals surface area contributed by atoms with E-state index in [4.69, 9.17) is 5.73 Å². The summed E-state index contributed by atoms with van der Waals surface area (Å²) in [6.45, 7) is 3.23. The highest BCUT2D eigenvalue weighted by atomic mass is 79.9. The molecule has 0 spiro atoms. The highest BCUT2D eigenvalue weighted by molar-refractivity contribution is 9.10. The molecule has 1 saturated carbocycles. The van der Waals surface area contributed by atoms with Crippen molar-refractivity contribution in [1.29, 1.82) is 0 Å². The number of nitrogens with zero attached hydrogens (tertiary/aromatic N) is 1. The number of hydrogen-bond acceptors (Lipinski definition) is 3. The van der Waals surface area contributed by atoms with Crippen LogP contribution in [0.15, 0.2) is 22.7 Å². The van der Waals surface area contributed by atoms with Gasteiger partial charge in [0.15, 0.2) is 0 Å². The molecule has 2 fully saturated rings. The maximum Gasteiger partial charge on any atom is 0.250 e. The first-order valence-corrected chi connectivity index (χ1v) is 8.51. The molecule has 21 heavy (non-hydrogen) atoms. The van der Waals surface area contributed by atoms with E-state index in [0.717, 1.165) is 29.8 Å². The number of hydrogen-bond donors (Lipinski definition) is 2. The summed E-state index contributed by atoms with van der Waals surface area (Å²) in [5.74, 6) is 0.361. The molecule has 4 nitrogen and oxygen atoms in total. The van der Waals surface area contributed by atoms with Crippen LogP contribution >= 0.6 is 15.9 Å². The molecule has 1 aromatic carbocycles. The fourth-order valence-corrected chi connectivity index (χ4v) is 3.47. The van der Waals surface area contributed by atoms with Gasteiger partial charge >= 0.3 is 0 Å². The SMILES string of the molecule is NC(=O)c1ccc(Br)cc1N(CC1CCNCC1)C1CC1. The lowest BCUT2D eigenvalue weighted by molar-refractivity contribution is 0.100. The normalized spacial score (nSPS) is 19.5. The molecule has 0 bridgehead atoms. The Morgan fingerprint density at radius 3 is 2.62 bits per heavy atom. The molecule has 0 atom stereocenters. The molecule has 3 N–H and O–H groups in total. The summed E-state index contributed by atoms with van der Waals surface area (Å²) in [4.78, 5) is 14.2. The Labute approximate surface area is 134 Å². The van der Waals surface area contributed by atoms with E-state index in [1.54, 1.807) is 0 Å². The third-order valence-electron chi connectivity index (χ3n) is 4.44. The Morgan fingerprint density at radius 2 is 2.00 bits per heavy atom. The molecule has 1 heterocycles. The van der Waals surface area contributed by atoms with Crippen molar-refractivity contribution in [2.75, 3.05) is 24.5 Å². The number of anilines is 1. The van der Waals surface area contributed by atoms with Gasteiger partial charge < -0.3 is 16.0 Å². The third kappa shape index (κ3) is 3.58. The maximum absolute atomic E-state index is 11.7. The van der Waals surface area contributed by atoms with Crippen molar-refractivity contribution in [2.45, 2.75) is 31.7 Å². The Morgan fingerprint density at radius 1 is 1.29 bits per heavy atom. The molecule has 1 amide bonds. The van der Waals surface area contributed by atoms with Crippen molar-refractivity contribution >= 4 is 27.5 Å². The van der Waals surface area contributed by atoms with Crippen LogP contribution in [-0.2, 0) is 0 Å². The van der Waals surface area contributed by atoms with Gasteiger partial charge in [-0.25, -0.2) is 0 Å². The molecule has 0 aromatic heterocycles. The fraction of sp³-hybridized carbons (Fsp3) is 0.562. The fourth-order valence-electron chi connectivity index (χ4n) is 3.12. The zero-order valence-electron chi connectivity index (χ0n) is 12.1. The number of nitrogens with one attached hydrogen (secondary N) is 1. The highest BCUT2D eigenvalue weighted by Gasteiger charge is 2.33. The van der Waals surface area contributed by atoms with Gasteiger partial charge in [0, 0.05) is 17.1 Å². The van der Waals surface area contributed by atoms with E-state index < -0.39 is 0 Å². The molecule has 2 aliphatic rings.